The highest BCUT2D eigenvalue weighted by Crippen LogP contribution is 2.25. The Balaban J connectivity index is 1.57. The number of ether oxygens (including phenoxy) is 1. The summed E-state index contributed by atoms with van der Waals surface area (Å²) in [5, 5.41) is 17.5. The number of rotatable bonds is 4. The van der Waals surface area contributed by atoms with Crippen LogP contribution in [0.2, 0.25) is 0 Å². The van der Waals surface area contributed by atoms with Gasteiger partial charge in [-0.2, -0.15) is 20.3 Å². The molecule has 8 nitrogen and oxygen atoms in total. The summed E-state index contributed by atoms with van der Waals surface area (Å²) in [6.45, 7) is 4.46. The number of nitrogens with zero attached hydrogens (tertiary/aromatic N) is 6. The molecule has 2 aromatic heterocycles. The molecule has 1 aromatic carbocycles. The Bertz CT molecular complexity index is 1090. The minimum atomic E-state index is -0.191. The molecule has 0 radical (unpaired) electrons. The van der Waals surface area contributed by atoms with Gasteiger partial charge in [0, 0.05) is 18.3 Å². The first-order valence-electron chi connectivity index (χ1n) is 9.86. The number of hydrogen-bond donors (Lipinski definition) is 0. The predicted octanol–water partition coefficient (Wildman–Crippen LogP) is 2.91. The van der Waals surface area contributed by atoms with Crippen LogP contribution in [0.4, 0.5) is 0 Å². The maximum absolute atomic E-state index is 13.5. The van der Waals surface area contributed by atoms with Crippen LogP contribution in [0, 0.1) is 18.3 Å². The SMILES string of the molecule is Cc1ccc(C(=O)N2CC(Oc3cc(C#N)ccn3)CCC2C)c(-n2nccn2)c1. The molecular weight excluding hydrogens is 380 g/mol. The fraction of sp³-hybridized carbons (Fsp3) is 0.318. The van der Waals surface area contributed by atoms with Crippen molar-refractivity contribution in [3.63, 3.8) is 0 Å². The summed E-state index contributed by atoms with van der Waals surface area (Å²) in [4.78, 5) is 21.0. The number of carbonyl (C=O) groups excluding carboxylic acids is 1. The lowest BCUT2D eigenvalue weighted by Gasteiger charge is -2.38. The van der Waals surface area contributed by atoms with E-state index in [1.165, 1.54) is 4.80 Å². The highest BCUT2D eigenvalue weighted by molar-refractivity contribution is 5.98. The number of carbonyl (C=O) groups is 1. The molecule has 3 heterocycles. The Morgan fingerprint density at radius 1 is 1.17 bits per heavy atom. The van der Waals surface area contributed by atoms with Crippen LogP contribution in [-0.2, 0) is 0 Å². The van der Waals surface area contributed by atoms with Crippen molar-refractivity contribution in [2.45, 2.75) is 38.8 Å². The van der Waals surface area contributed by atoms with Crippen molar-refractivity contribution in [1.29, 1.82) is 5.26 Å². The Hall–Kier alpha value is -3.73. The van der Waals surface area contributed by atoms with E-state index in [1.54, 1.807) is 30.7 Å². The van der Waals surface area contributed by atoms with E-state index in [0.717, 1.165) is 18.4 Å². The van der Waals surface area contributed by atoms with E-state index in [-0.39, 0.29) is 18.1 Å². The van der Waals surface area contributed by atoms with Gasteiger partial charge in [-0.25, -0.2) is 4.98 Å². The lowest BCUT2D eigenvalue weighted by Crippen LogP contribution is -2.49. The van der Waals surface area contributed by atoms with Crippen LogP contribution < -0.4 is 4.74 Å². The average molecular weight is 402 g/mol. The van der Waals surface area contributed by atoms with E-state index in [4.69, 9.17) is 10.00 Å². The van der Waals surface area contributed by atoms with Crippen molar-refractivity contribution in [1.82, 2.24) is 24.9 Å². The minimum absolute atomic E-state index is 0.0792. The van der Waals surface area contributed by atoms with E-state index in [1.807, 2.05) is 36.9 Å². The summed E-state index contributed by atoms with van der Waals surface area (Å²) in [5.41, 5.74) is 2.72. The molecular formula is C22H22N6O2. The van der Waals surface area contributed by atoms with Crippen LogP contribution >= 0.6 is 0 Å². The smallest absolute Gasteiger partial charge is 0.256 e. The molecule has 1 aliphatic heterocycles. The highest BCUT2D eigenvalue weighted by Gasteiger charge is 2.32. The van der Waals surface area contributed by atoms with Gasteiger partial charge in [-0.3, -0.25) is 4.79 Å². The molecule has 1 aliphatic rings. The van der Waals surface area contributed by atoms with Gasteiger partial charge < -0.3 is 9.64 Å². The number of pyridine rings is 1. The number of hydrogen-bond acceptors (Lipinski definition) is 6. The standard InChI is InChI=1S/C22H22N6O2/c1-15-3-6-19(20(11-15)28-25-9-10-26-28)22(29)27-14-18(5-4-16(27)2)30-21-12-17(13-23)7-8-24-21/h3,6-12,16,18H,4-5,14H2,1-2H3. The summed E-state index contributed by atoms with van der Waals surface area (Å²) in [6.07, 6.45) is 6.17. The number of aromatic nitrogens is 4. The number of benzene rings is 1. The van der Waals surface area contributed by atoms with Crippen LogP contribution in [0.25, 0.3) is 5.69 Å². The van der Waals surface area contributed by atoms with Crippen molar-refractivity contribution >= 4 is 5.91 Å². The second-order valence-electron chi connectivity index (χ2n) is 7.46. The predicted molar refractivity (Wildman–Crippen MR) is 109 cm³/mol. The Kier molecular flexibility index (Phi) is 5.44. The van der Waals surface area contributed by atoms with Crippen LogP contribution in [0.1, 0.15) is 41.3 Å². The highest BCUT2D eigenvalue weighted by atomic mass is 16.5. The molecule has 0 bridgehead atoms. The van der Waals surface area contributed by atoms with Crippen LogP contribution in [0.3, 0.4) is 0 Å². The molecule has 2 unspecified atom stereocenters. The first-order valence-corrected chi connectivity index (χ1v) is 9.86. The van der Waals surface area contributed by atoms with Crippen molar-refractivity contribution < 1.29 is 9.53 Å². The molecule has 0 N–H and O–H groups in total. The first-order chi connectivity index (χ1) is 14.5. The zero-order valence-corrected chi connectivity index (χ0v) is 16.9. The number of likely N-dealkylation sites (tertiary alicyclic amines) is 1. The third kappa shape index (κ3) is 4.01. The topological polar surface area (TPSA) is 96.9 Å². The van der Waals surface area contributed by atoms with Gasteiger partial charge in [0.1, 0.15) is 6.10 Å². The van der Waals surface area contributed by atoms with Gasteiger partial charge in [0.25, 0.3) is 5.91 Å². The lowest BCUT2D eigenvalue weighted by atomic mass is 9.99. The summed E-state index contributed by atoms with van der Waals surface area (Å²) >= 11 is 0. The fourth-order valence-corrected chi connectivity index (χ4v) is 3.65. The van der Waals surface area contributed by atoms with Crippen LogP contribution in [0.15, 0.2) is 48.9 Å². The monoisotopic (exact) mass is 402 g/mol. The second kappa shape index (κ2) is 8.33. The van der Waals surface area contributed by atoms with Gasteiger partial charge >= 0.3 is 0 Å². The Morgan fingerprint density at radius 3 is 2.73 bits per heavy atom. The zero-order valence-electron chi connectivity index (χ0n) is 16.9. The molecule has 8 heteroatoms. The maximum atomic E-state index is 13.5. The molecule has 1 saturated heterocycles. The first kappa shape index (κ1) is 19.6. The normalized spacial score (nSPS) is 18.6. The molecule has 0 spiro atoms. The molecule has 1 amide bonds. The van der Waals surface area contributed by atoms with Crippen LogP contribution in [-0.4, -0.2) is 49.5 Å². The van der Waals surface area contributed by atoms with Gasteiger partial charge in [0.05, 0.1) is 41.8 Å². The van der Waals surface area contributed by atoms with Crippen molar-refractivity contribution in [2.24, 2.45) is 0 Å². The fourth-order valence-electron chi connectivity index (χ4n) is 3.65. The van der Waals surface area contributed by atoms with Crippen molar-refractivity contribution in [3.8, 4) is 17.6 Å². The van der Waals surface area contributed by atoms with Crippen LogP contribution in [0.5, 0.6) is 5.88 Å². The molecule has 0 aliphatic carbocycles. The number of aryl methyl sites for hydroxylation is 1. The van der Waals surface area contributed by atoms with Crippen molar-refractivity contribution in [3.05, 3.63) is 65.6 Å². The largest absolute Gasteiger partial charge is 0.472 e. The molecule has 4 rings (SSSR count). The van der Waals surface area contributed by atoms with Gasteiger partial charge in [0.2, 0.25) is 5.88 Å². The summed E-state index contributed by atoms with van der Waals surface area (Å²) < 4.78 is 6.00. The second-order valence-corrected chi connectivity index (χ2v) is 7.46. The number of nitriles is 1. The molecule has 2 atom stereocenters. The Labute approximate surface area is 174 Å². The van der Waals surface area contributed by atoms with E-state index in [2.05, 4.69) is 21.3 Å². The lowest BCUT2D eigenvalue weighted by molar-refractivity contribution is 0.0372. The third-order valence-electron chi connectivity index (χ3n) is 5.27. The van der Waals surface area contributed by atoms with Gasteiger partial charge in [-0.15, -0.1) is 0 Å². The quantitative estimate of drug-likeness (QED) is 0.666. The molecule has 3 aromatic rings. The van der Waals surface area contributed by atoms with E-state index in [9.17, 15) is 4.79 Å². The molecule has 152 valence electrons. The third-order valence-corrected chi connectivity index (χ3v) is 5.27. The number of piperidine rings is 1. The molecule has 0 saturated carbocycles. The summed E-state index contributed by atoms with van der Waals surface area (Å²) in [7, 11) is 0. The van der Waals surface area contributed by atoms with E-state index < -0.39 is 0 Å². The van der Waals surface area contributed by atoms with E-state index >= 15 is 0 Å². The Morgan fingerprint density at radius 2 is 1.97 bits per heavy atom. The minimum Gasteiger partial charge on any atom is -0.472 e. The number of amides is 1. The van der Waals surface area contributed by atoms with Gasteiger partial charge in [-0.1, -0.05) is 6.07 Å². The average Bonchev–Trinajstić information content (AvgIpc) is 3.29. The maximum Gasteiger partial charge on any atom is 0.256 e. The zero-order chi connectivity index (χ0) is 21.1. The molecule has 1 fully saturated rings. The van der Waals surface area contributed by atoms with E-state index in [0.29, 0.717) is 29.2 Å². The summed E-state index contributed by atoms with van der Waals surface area (Å²) in [5.74, 6) is 0.319. The summed E-state index contributed by atoms with van der Waals surface area (Å²) in [6, 6.07) is 11.1. The molecule has 30 heavy (non-hydrogen) atoms. The van der Waals surface area contributed by atoms with Gasteiger partial charge in [-0.05, 0) is 50.5 Å². The van der Waals surface area contributed by atoms with Gasteiger partial charge in [0.15, 0.2) is 0 Å². The van der Waals surface area contributed by atoms with Crippen molar-refractivity contribution in [2.75, 3.05) is 6.54 Å².